The van der Waals surface area contributed by atoms with Crippen molar-refractivity contribution in [2.24, 2.45) is 5.84 Å². The van der Waals surface area contributed by atoms with Gasteiger partial charge in [0.25, 0.3) is 0 Å². The average Bonchev–Trinajstić information content (AvgIpc) is 2.92. The first-order valence-corrected chi connectivity index (χ1v) is 6.50. The summed E-state index contributed by atoms with van der Waals surface area (Å²) in [6.45, 7) is 3.59. The summed E-state index contributed by atoms with van der Waals surface area (Å²) >= 11 is 0. The number of hydrogen-bond acceptors (Lipinski definition) is 5. The predicted molar refractivity (Wildman–Crippen MR) is 69.1 cm³/mol. The summed E-state index contributed by atoms with van der Waals surface area (Å²) in [7, 11) is 0. The van der Waals surface area contributed by atoms with Crippen LogP contribution >= 0.6 is 0 Å². The Labute approximate surface area is 108 Å². The molecule has 2 unspecified atom stereocenters. The zero-order chi connectivity index (χ0) is 12.8. The van der Waals surface area contributed by atoms with Gasteiger partial charge in [-0.1, -0.05) is 6.92 Å². The number of ether oxygens (including phenoxy) is 2. The van der Waals surface area contributed by atoms with Crippen LogP contribution in [0.1, 0.15) is 37.8 Å². The van der Waals surface area contributed by atoms with E-state index in [4.69, 9.17) is 15.3 Å². The fraction of sp³-hybridized carbons (Fsp3) is 0.615. The van der Waals surface area contributed by atoms with E-state index >= 15 is 0 Å². The summed E-state index contributed by atoms with van der Waals surface area (Å²) in [5.74, 6) is 6.42. The summed E-state index contributed by atoms with van der Waals surface area (Å²) in [4.78, 5) is 4.20. The van der Waals surface area contributed by atoms with Gasteiger partial charge >= 0.3 is 0 Å². The van der Waals surface area contributed by atoms with Crippen molar-refractivity contribution >= 4 is 0 Å². The minimum absolute atomic E-state index is 0.0230. The third kappa shape index (κ3) is 3.19. The number of nitrogens with two attached hydrogens (primary N) is 1. The van der Waals surface area contributed by atoms with Gasteiger partial charge in [0.15, 0.2) is 0 Å². The lowest BCUT2D eigenvalue weighted by molar-refractivity contribution is 0.0781. The number of nitrogens with zero attached hydrogens (tertiary/aromatic N) is 1. The highest BCUT2D eigenvalue weighted by molar-refractivity contribution is 5.26. The Kier molecular flexibility index (Phi) is 4.92. The number of hydrogen-bond donors (Lipinski definition) is 2. The van der Waals surface area contributed by atoms with Crippen molar-refractivity contribution in [3.05, 3.63) is 24.0 Å². The number of rotatable bonds is 6. The molecular weight excluding hydrogens is 230 g/mol. The molecule has 100 valence electrons. The monoisotopic (exact) mass is 251 g/mol. The maximum absolute atomic E-state index is 5.67. The van der Waals surface area contributed by atoms with Crippen molar-refractivity contribution in [2.45, 2.75) is 38.3 Å². The number of aromatic nitrogens is 1. The molecule has 0 spiro atoms. The van der Waals surface area contributed by atoms with Crippen LogP contribution in [0.3, 0.4) is 0 Å². The molecule has 2 atom stereocenters. The lowest BCUT2D eigenvalue weighted by Crippen LogP contribution is -2.36. The van der Waals surface area contributed by atoms with E-state index in [2.05, 4.69) is 17.3 Å². The second kappa shape index (κ2) is 6.68. The Hall–Kier alpha value is -1.17. The molecule has 2 rings (SSSR count). The van der Waals surface area contributed by atoms with Gasteiger partial charge in [0, 0.05) is 12.8 Å². The van der Waals surface area contributed by atoms with Crippen LogP contribution in [0, 0.1) is 0 Å². The third-order valence-corrected chi connectivity index (χ3v) is 3.08. The van der Waals surface area contributed by atoms with E-state index in [1.54, 1.807) is 6.20 Å². The van der Waals surface area contributed by atoms with Crippen LogP contribution in [0.2, 0.25) is 0 Å². The van der Waals surface area contributed by atoms with Crippen LogP contribution in [0.25, 0.3) is 0 Å². The summed E-state index contributed by atoms with van der Waals surface area (Å²) in [6.07, 6.45) is 6.75. The van der Waals surface area contributed by atoms with Crippen LogP contribution in [0.4, 0.5) is 0 Å². The highest BCUT2D eigenvalue weighted by atomic mass is 16.5. The quantitative estimate of drug-likeness (QED) is 0.593. The van der Waals surface area contributed by atoms with E-state index in [1.165, 1.54) is 0 Å². The van der Waals surface area contributed by atoms with Crippen LogP contribution in [-0.4, -0.2) is 24.3 Å². The topological polar surface area (TPSA) is 69.4 Å². The predicted octanol–water partition coefficient (Wildman–Crippen LogP) is 1.55. The van der Waals surface area contributed by atoms with E-state index in [9.17, 15) is 0 Å². The molecule has 0 bridgehead atoms. The fourth-order valence-corrected chi connectivity index (χ4v) is 2.19. The lowest BCUT2D eigenvalue weighted by Gasteiger charge is -2.22. The number of nitrogens with one attached hydrogen (secondary N) is 1. The molecule has 1 saturated heterocycles. The van der Waals surface area contributed by atoms with Crippen molar-refractivity contribution in [1.82, 2.24) is 10.4 Å². The van der Waals surface area contributed by atoms with Crippen LogP contribution < -0.4 is 16.0 Å². The lowest BCUT2D eigenvalue weighted by atomic mass is 10.0. The molecule has 18 heavy (non-hydrogen) atoms. The van der Waals surface area contributed by atoms with E-state index in [-0.39, 0.29) is 12.1 Å². The Bertz CT molecular complexity index is 367. The van der Waals surface area contributed by atoms with Crippen LogP contribution in [0.5, 0.6) is 5.75 Å². The van der Waals surface area contributed by atoms with E-state index in [0.29, 0.717) is 6.61 Å². The second-order valence-corrected chi connectivity index (χ2v) is 4.50. The molecule has 1 aliphatic heterocycles. The standard InChI is InChI=1S/C13H21N3O2/c1-2-5-17-11-7-10(8-15-9-11)13(16-14)12-4-3-6-18-12/h7-9,12-13,16H,2-6,14H2,1H3. The maximum atomic E-state index is 5.67. The van der Waals surface area contributed by atoms with Gasteiger partial charge in [-0.2, -0.15) is 0 Å². The van der Waals surface area contributed by atoms with Gasteiger partial charge in [-0.15, -0.1) is 0 Å². The second-order valence-electron chi connectivity index (χ2n) is 4.50. The third-order valence-electron chi connectivity index (χ3n) is 3.08. The molecular formula is C13H21N3O2. The highest BCUT2D eigenvalue weighted by Gasteiger charge is 2.26. The first-order valence-electron chi connectivity index (χ1n) is 6.50. The first-order chi connectivity index (χ1) is 8.85. The minimum Gasteiger partial charge on any atom is -0.492 e. The molecule has 1 aromatic rings. The highest BCUT2D eigenvalue weighted by Crippen LogP contribution is 2.27. The molecule has 0 saturated carbocycles. The van der Waals surface area contributed by atoms with Gasteiger partial charge in [0.1, 0.15) is 5.75 Å². The molecule has 5 heteroatoms. The molecule has 0 radical (unpaired) electrons. The zero-order valence-corrected chi connectivity index (χ0v) is 10.8. The molecule has 1 fully saturated rings. The minimum atomic E-state index is -0.0230. The Morgan fingerprint density at radius 2 is 2.50 bits per heavy atom. The van der Waals surface area contributed by atoms with Crippen molar-refractivity contribution in [2.75, 3.05) is 13.2 Å². The fourth-order valence-electron chi connectivity index (χ4n) is 2.19. The smallest absolute Gasteiger partial charge is 0.137 e. The maximum Gasteiger partial charge on any atom is 0.137 e. The van der Waals surface area contributed by atoms with E-state index < -0.39 is 0 Å². The summed E-state index contributed by atoms with van der Waals surface area (Å²) in [5.41, 5.74) is 3.84. The van der Waals surface area contributed by atoms with Gasteiger partial charge in [-0.25, -0.2) is 0 Å². The Morgan fingerprint density at radius 3 is 3.17 bits per heavy atom. The van der Waals surface area contributed by atoms with Gasteiger partial charge in [-0.05, 0) is 30.9 Å². The largest absolute Gasteiger partial charge is 0.492 e. The van der Waals surface area contributed by atoms with Gasteiger partial charge in [0.2, 0.25) is 0 Å². The molecule has 3 N–H and O–H groups in total. The van der Waals surface area contributed by atoms with Crippen molar-refractivity contribution in [1.29, 1.82) is 0 Å². The summed E-state index contributed by atoms with van der Waals surface area (Å²) in [6, 6.07) is 1.96. The number of pyridine rings is 1. The molecule has 5 nitrogen and oxygen atoms in total. The molecule has 2 heterocycles. The van der Waals surface area contributed by atoms with E-state index in [0.717, 1.165) is 37.2 Å². The zero-order valence-electron chi connectivity index (χ0n) is 10.8. The average molecular weight is 251 g/mol. The van der Waals surface area contributed by atoms with Gasteiger partial charge in [0.05, 0.1) is 24.9 Å². The van der Waals surface area contributed by atoms with Crippen molar-refractivity contribution < 1.29 is 9.47 Å². The van der Waals surface area contributed by atoms with Crippen molar-refractivity contribution in [3.8, 4) is 5.75 Å². The Morgan fingerprint density at radius 1 is 1.61 bits per heavy atom. The van der Waals surface area contributed by atoms with E-state index in [1.807, 2.05) is 12.3 Å². The molecule has 0 aliphatic carbocycles. The normalized spacial score (nSPS) is 20.9. The van der Waals surface area contributed by atoms with Gasteiger partial charge in [-0.3, -0.25) is 16.3 Å². The first kappa shape index (κ1) is 13.3. The Balaban J connectivity index is 2.09. The molecule has 1 aromatic heterocycles. The summed E-state index contributed by atoms with van der Waals surface area (Å²) < 4.78 is 11.3. The van der Waals surface area contributed by atoms with Crippen LogP contribution in [-0.2, 0) is 4.74 Å². The van der Waals surface area contributed by atoms with Gasteiger partial charge < -0.3 is 9.47 Å². The van der Waals surface area contributed by atoms with Crippen LogP contribution in [0.15, 0.2) is 18.5 Å². The molecule has 0 aromatic carbocycles. The van der Waals surface area contributed by atoms with Crippen molar-refractivity contribution in [3.63, 3.8) is 0 Å². The molecule has 1 aliphatic rings. The number of hydrazine groups is 1. The molecule has 0 amide bonds. The SMILES string of the molecule is CCCOc1cncc(C(NN)C2CCCO2)c1. The summed E-state index contributed by atoms with van der Waals surface area (Å²) in [5, 5.41) is 0.